The lowest BCUT2D eigenvalue weighted by Gasteiger charge is -2.22. The summed E-state index contributed by atoms with van der Waals surface area (Å²) in [5.41, 5.74) is 8.59. The van der Waals surface area contributed by atoms with Gasteiger partial charge in [0.25, 0.3) is 0 Å². The average Bonchev–Trinajstić information content (AvgIpc) is 2.47. The van der Waals surface area contributed by atoms with Crippen LogP contribution in [0.5, 0.6) is 5.75 Å². The summed E-state index contributed by atoms with van der Waals surface area (Å²) >= 11 is 0. The number of halogens is 1. The first-order valence-electron chi connectivity index (χ1n) is 6.46. The van der Waals surface area contributed by atoms with Gasteiger partial charge in [-0.1, -0.05) is 12.1 Å². The molecule has 0 aliphatic carbocycles. The van der Waals surface area contributed by atoms with Crippen molar-refractivity contribution >= 4 is 5.69 Å². The molecule has 2 rings (SSSR count). The Kier molecular flexibility index (Phi) is 4.58. The number of rotatable bonds is 5. The zero-order valence-corrected chi connectivity index (χ0v) is 11.8. The summed E-state index contributed by atoms with van der Waals surface area (Å²) in [5, 5.41) is 0. The van der Waals surface area contributed by atoms with Gasteiger partial charge < -0.3 is 15.4 Å². The number of methoxy groups -OCH3 is 1. The first kappa shape index (κ1) is 14.3. The molecular weight excluding hydrogens is 255 g/mol. The number of hydrogen-bond donors (Lipinski definition) is 1. The fraction of sp³-hybridized carbons (Fsp3) is 0.250. The van der Waals surface area contributed by atoms with E-state index in [2.05, 4.69) is 4.90 Å². The largest absolute Gasteiger partial charge is 0.497 e. The van der Waals surface area contributed by atoms with Crippen LogP contribution in [0.25, 0.3) is 0 Å². The third-order valence-electron chi connectivity index (χ3n) is 3.25. The molecule has 0 heterocycles. The van der Waals surface area contributed by atoms with Crippen molar-refractivity contribution in [1.82, 2.24) is 0 Å². The van der Waals surface area contributed by atoms with Crippen molar-refractivity contribution < 1.29 is 9.13 Å². The van der Waals surface area contributed by atoms with Crippen LogP contribution in [0.3, 0.4) is 0 Å². The zero-order chi connectivity index (χ0) is 14.5. The molecule has 3 nitrogen and oxygen atoms in total. The highest BCUT2D eigenvalue weighted by Gasteiger charge is 2.08. The van der Waals surface area contributed by atoms with E-state index in [0.717, 1.165) is 29.1 Å². The van der Waals surface area contributed by atoms with Crippen LogP contribution in [-0.4, -0.2) is 14.2 Å². The minimum absolute atomic E-state index is 0.257. The van der Waals surface area contributed by atoms with E-state index >= 15 is 0 Å². The molecule has 0 radical (unpaired) electrons. The van der Waals surface area contributed by atoms with Crippen molar-refractivity contribution in [3.8, 4) is 5.75 Å². The molecule has 0 aliphatic rings. The van der Waals surface area contributed by atoms with Crippen molar-refractivity contribution in [3.63, 3.8) is 0 Å². The van der Waals surface area contributed by atoms with Gasteiger partial charge in [0.05, 0.1) is 7.11 Å². The van der Waals surface area contributed by atoms with Crippen molar-refractivity contribution in [2.24, 2.45) is 5.73 Å². The molecule has 4 heteroatoms. The lowest BCUT2D eigenvalue weighted by molar-refractivity contribution is 0.414. The number of hydrogen-bond acceptors (Lipinski definition) is 3. The van der Waals surface area contributed by atoms with Crippen LogP contribution < -0.4 is 15.4 Å². The van der Waals surface area contributed by atoms with Gasteiger partial charge in [0.15, 0.2) is 0 Å². The molecule has 0 spiro atoms. The highest BCUT2D eigenvalue weighted by molar-refractivity contribution is 5.53. The molecule has 0 saturated carbocycles. The monoisotopic (exact) mass is 274 g/mol. The normalized spacial score (nSPS) is 10.4. The highest BCUT2D eigenvalue weighted by atomic mass is 19.1. The smallest absolute Gasteiger partial charge is 0.123 e. The van der Waals surface area contributed by atoms with Crippen LogP contribution in [0.2, 0.25) is 0 Å². The lowest BCUT2D eigenvalue weighted by atomic mass is 10.1. The highest BCUT2D eigenvalue weighted by Crippen LogP contribution is 2.22. The number of anilines is 1. The molecule has 0 bridgehead atoms. The van der Waals surface area contributed by atoms with Crippen molar-refractivity contribution in [3.05, 3.63) is 59.4 Å². The lowest BCUT2D eigenvalue weighted by Crippen LogP contribution is -2.19. The van der Waals surface area contributed by atoms with Crippen LogP contribution in [-0.2, 0) is 13.1 Å². The topological polar surface area (TPSA) is 38.5 Å². The predicted octanol–water partition coefficient (Wildman–Crippen LogP) is 2.93. The molecule has 2 aromatic rings. The van der Waals surface area contributed by atoms with Gasteiger partial charge in [-0.25, -0.2) is 4.39 Å². The molecule has 0 amide bonds. The minimum atomic E-state index is -0.257. The van der Waals surface area contributed by atoms with Gasteiger partial charge in [-0.05, 0) is 41.5 Å². The standard InChI is InChI=1S/C16H19FN2O/c1-19(11-12-3-6-15(20-2)7-4-12)16-8-5-14(17)9-13(16)10-18/h3-9H,10-11,18H2,1-2H3. The molecule has 106 valence electrons. The van der Waals surface area contributed by atoms with E-state index in [1.54, 1.807) is 13.2 Å². The van der Waals surface area contributed by atoms with Crippen molar-refractivity contribution in [1.29, 1.82) is 0 Å². The maximum Gasteiger partial charge on any atom is 0.123 e. The molecule has 0 aliphatic heterocycles. The van der Waals surface area contributed by atoms with E-state index in [0.29, 0.717) is 6.54 Å². The van der Waals surface area contributed by atoms with E-state index in [-0.39, 0.29) is 5.82 Å². The Morgan fingerprint density at radius 2 is 1.85 bits per heavy atom. The molecule has 2 aromatic carbocycles. The first-order valence-corrected chi connectivity index (χ1v) is 6.46. The van der Waals surface area contributed by atoms with Crippen LogP contribution >= 0.6 is 0 Å². The fourth-order valence-corrected chi connectivity index (χ4v) is 2.18. The molecule has 20 heavy (non-hydrogen) atoms. The van der Waals surface area contributed by atoms with Gasteiger partial charge in [-0.15, -0.1) is 0 Å². The number of nitrogens with zero attached hydrogens (tertiary/aromatic N) is 1. The molecule has 0 saturated heterocycles. The van der Waals surface area contributed by atoms with Crippen molar-refractivity contribution in [2.75, 3.05) is 19.1 Å². The summed E-state index contributed by atoms with van der Waals surface area (Å²) in [4.78, 5) is 2.06. The Balaban J connectivity index is 2.16. The number of benzene rings is 2. The summed E-state index contributed by atoms with van der Waals surface area (Å²) in [6, 6.07) is 12.6. The first-order chi connectivity index (χ1) is 9.63. The molecule has 0 unspecified atom stereocenters. The second kappa shape index (κ2) is 6.39. The van der Waals surface area contributed by atoms with Crippen LogP contribution in [0.4, 0.5) is 10.1 Å². The number of ether oxygens (including phenoxy) is 1. The van der Waals surface area contributed by atoms with E-state index in [1.165, 1.54) is 12.1 Å². The predicted molar refractivity (Wildman–Crippen MR) is 79.4 cm³/mol. The van der Waals surface area contributed by atoms with E-state index in [4.69, 9.17) is 10.5 Å². The Labute approximate surface area is 118 Å². The summed E-state index contributed by atoms with van der Waals surface area (Å²) < 4.78 is 18.4. The molecule has 0 aromatic heterocycles. The zero-order valence-electron chi connectivity index (χ0n) is 11.8. The maximum absolute atomic E-state index is 13.2. The molecule has 0 fully saturated rings. The fourth-order valence-electron chi connectivity index (χ4n) is 2.18. The van der Waals surface area contributed by atoms with Crippen LogP contribution in [0.15, 0.2) is 42.5 Å². The second-order valence-corrected chi connectivity index (χ2v) is 4.68. The molecule has 0 atom stereocenters. The van der Waals surface area contributed by atoms with Gasteiger partial charge in [-0.3, -0.25) is 0 Å². The third kappa shape index (κ3) is 3.27. The van der Waals surface area contributed by atoms with Gasteiger partial charge in [0.1, 0.15) is 11.6 Å². The van der Waals surface area contributed by atoms with E-state index < -0.39 is 0 Å². The van der Waals surface area contributed by atoms with Gasteiger partial charge >= 0.3 is 0 Å². The van der Waals surface area contributed by atoms with Gasteiger partial charge in [0.2, 0.25) is 0 Å². The Morgan fingerprint density at radius 3 is 2.45 bits per heavy atom. The SMILES string of the molecule is COc1ccc(CN(C)c2ccc(F)cc2CN)cc1. The van der Waals surface area contributed by atoms with Gasteiger partial charge in [-0.2, -0.15) is 0 Å². The van der Waals surface area contributed by atoms with Gasteiger partial charge in [0, 0.05) is 25.8 Å². The number of nitrogens with two attached hydrogens (primary N) is 1. The summed E-state index contributed by atoms with van der Waals surface area (Å²) in [5.74, 6) is 0.577. The summed E-state index contributed by atoms with van der Waals surface area (Å²) in [7, 11) is 3.61. The van der Waals surface area contributed by atoms with Crippen LogP contribution in [0, 0.1) is 5.82 Å². The minimum Gasteiger partial charge on any atom is -0.497 e. The summed E-state index contributed by atoms with van der Waals surface area (Å²) in [6.07, 6.45) is 0. The third-order valence-corrected chi connectivity index (χ3v) is 3.25. The quantitative estimate of drug-likeness (QED) is 0.911. The average molecular weight is 274 g/mol. The van der Waals surface area contributed by atoms with Crippen LogP contribution in [0.1, 0.15) is 11.1 Å². The second-order valence-electron chi connectivity index (χ2n) is 4.68. The summed E-state index contributed by atoms with van der Waals surface area (Å²) in [6.45, 7) is 1.04. The van der Waals surface area contributed by atoms with E-state index in [1.807, 2.05) is 31.3 Å². The van der Waals surface area contributed by atoms with Crippen molar-refractivity contribution in [2.45, 2.75) is 13.1 Å². The Hall–Kier alpha value is -2.07. The Bertz CT molecular complexity index is 569. The maximum atomic E-state index is 13.2. The van der Waals surface area contributed by atoms with E-state index in [9.17, 15) is 4.39 Å². The molecular formula is C16H19FN2O. The molecule has 2 N–H and O–H groups in total. The Morgan fingerprint density at radius 1 is 1.15 bits per heavy atom.